The van der Waals surface area contributed by atoms with Gasteiger partial charge in [0.05, 0.1) is 5.56 Å². The van der Waals surface area contributed by atoms with Gasteiger partial charge >= 0.3 is 5.97 Å². The van der Waals surface area contributed by atoms with Gasteiger partial charge in [-0.15, -0.1) is 0 Å². The average molecular weight is 299 g/mol. The molecule has 0 aliphatic heterocycles. The molecular formula is C14H19ClN2O3. The van der Waals surface area contributed by atoms with Crippen LogP contribution in [0.2, 0.25) is 5.02 Å². The topological polar surface area (TPSA) is 81.4 Å². The summed E-state index contributed by atoms with van der Waals surface area (Å²) < 4.78 is 4.92. The van der Waals surface area contributed by atoms with E-state index in [4.69, 9.17) is 22.1 Å². The van der Waals surface area contributed by atoms with Crippen molar-refractivity contribution in [3.05, 3.63) is 28.8 Å². The van der Waals surface area contributed by atoms with Gasteiger partial charge in [0, 0.05) is 16.8 Å². The summed E-state index contributed by atoms with van der Waals surface area (Å²) in [5.41, 5.74) is 6.07. The van der Waals surface area contributed by atoms with Gasteiger partial charge in [-0.2, -0.15) is 0 Å². The molecule has 0 heterocycles. The molecule has 1 atom stereocenters. The highest BCUT2D eigenvalue weighted by molar-refractivity contribution is 6.31. The summed E-state index contributed by atoms with van der Waals surface area (Å²) in [4.78, 5) is 23.4. The largest absolute Gasteiger partial charge is 0.452 e. The number of nitrogens with one attached hydrogen (secondary N) is 1. The average Bonchev–Trinajstić information content (AvgIpc) is 2.38. The van der Waals surface area contributed by atoms with E-state index in [0.29, 0.717) is 10.9 Å². The molecule has 6 heteroatoms. The fourth-order valence-electron chi connectivity index (χ4n) is 1.38. The molecule has 0 bridgehead atoms. The lowest BCUT2D eigenvalue weighted by Gasteiger charge is -2.17. The van der Waals surface area contributed by atoms with Gasteiger partial charge < -0.3 is 15.8 Å². The van der Waals surface area contributed by atoms with E-state index in [9.17, 15) is 9.59 Å². The van der Waals surface area contributed by atoms with Crippen LogP contribution in [0.25, 0.3) is 0 Å². The summed E-state index contributed by atoms with van der Waals surface area (Å²) in [6, 6.07) is 4.51. The maximum atomic E-state index is 11.8. The molecule has 0 fully saturated rings. The van der Waals surface area contributed by atoms with Crippen molar-refractivity contribution >= 4 is 29.2 Å². The summed E-state index contributed by atoms with van der Waals surface area (Å²) in [5.74, 6) is -0.712. The van der Waals surface area contributed by atoms with Crippen LogP contribution in [-0.4, -0.2) is 24.5 Å². The molecule has 0 spiro atoms. The van der Waals surface area contributed by atoms with E-state index in [1.54, 1.807) is 6.07 Å². The fourth-order valence-corrected chi connectivity index (χ4v) is 1.55. The highest BCUT2D eigenvalue weighted by Crippen LogP contribution is 2.18. The molecule has 5 nitrogen and oxygen atoms in total. The zero-order chi connectivity index (χ0) is 15.3. The number of hydrogen-bond acceptors (Lipinski definition) is 4. The minimum absolute atomic E-state index is 0.0115. The third-order valence-corrected chi connectivity index (χ3v) is 3.19. The van der Waals surface area contributed by atoms with Gasteiger partial charge in [-0.1, -0.05) is 25.4 Å². The van der Waals surface area contributed by atoms with Crippen LogP contribution >= 0.6 is 11.6 Å². The first kappa shape index (κ1) is 16.3. The summed E-state index contributed by atoms with van der Waals surface area (Å²) in [6.45, 7) is 5.52. The van der Waals surface area contributed by atoms with E-state index in [-0.39, 0.29) is 29.8 Å². The Kier molecular flexibility index (Phi) is 5.82. The fraction of sp³-hybridized carbons (Fsp3) is 0.429. The predicted octanol–water partition coefficient (Wildman–Crippen LogP) is 2.24. The lowest BCUT2D eigenvalue weighted by atomic mass is 10.1. The van der Waals surface area contributed by atoms with Gasteiger partial charge in [0.2, 0.25) is 0 Å². The molecule has 1 amide bonds. The molecule has 110 valence electrons. The molecule has 0 radical (unpaired) electrons. The Morgan fingerprint density at radius 3 is 2.60 bits per heavy atom. The van der Waals surface area contributed by atoms with Crippen LogP contribution in [0.15, 0.2) is 18.2 Å². The van der Waals surface area contributed by atoms with Crippen molar-refractivity contribution in [2.24, 2.45) is 5.92 Å². The summed E-state index contributed by atoms with van der Waals surface area (Å²) >= 11 is 5.78. The van der Waals surface area contributed by atoms with Crippen LogP contribution in [0.5, 0.6) is 0 Å². The zero-order valence-electron chi connectivity index (χ0n) is 11.8. The van der Waals surface area contributed by atoms with Gasteiger partial charge in [-0.05, 0) is 31.0 Å². The van der Waals surface area contributed by atoms with E-state index >= 15 is 0 Å². The second-order valence-corrected chi connectivity index (χ2v) is 5.34. The number of carbonyl (C=O) groups excluding carboxylic acids is 2. The molecule has 0 aliphatic carbocycles. The van der Waals surface area contributed by atoms with Crippen molar-refractivity contribution in [1.29, 1.82) is 0 Å². The lowest BCUT2D eigenvalue weighted by Crippen LogP contribution is -2.38. The lowest BCUT2D eigenvalue weighted by molar-refractivity contribution is -0.125. The van der Waals surface area contributed by atoms with E-state index in [0.717, 1.165) is 0 Å². The highest BCUT2D eigenvalue weighted by atomic mass is 35.5. The monoisotopic (exact) mass is 298 g/mol. The van der Waals surface area contributed by atoms with Crippen molar-refractivity contribution in [2.75, 3.05) is 12.3 Å². The van der Waals surface area contributed by atoms with E-state index in [1.807, 2.05) is 20.8 Å². The van der Waals surface area contributed by atoms with Gasteiger partial charge in [0.15, 0.2) is 6.61 Å². The number of amides is 1. The number of nitrogen functional groups attached to an aromatic ring is 1. The molecule has 0 saturated heterocycles. The van der Waals surface area contributed by atoms with E-state index in [1.165, 1.54) is 12.1 Å². The number of carbonyl (C=O) groups is 2. The van der Waals surface area contributed by atoms with Crippen molar-refractivity contribution in [2.45, 2.75) is 26.8 Å². The van der Waals surface area contributed by atoms with Crippen LogP contribution in [0.4, 0.5) is 5.69 Å². The van der Waals surface area contributed by atoms with Crippen LogP contribution in [0.1, 0.15) is 31.1 Å². The van der Waals surface area contributed by atoms with Crippen LogP contribution in [0, 0.1) is 5.92 Å². The number of halogens is 1. The van der Waals surface area contributed by atoms with Crippen molar-refractivity contribution in [3.63, 3.8) is 0 Å². The molecule has 3 N–H and O–H groups in total. The van der Waals surface area contributed by atoms with Crippen molar-refractivity contribution in [1.82, 2.24) is 5.32 Å². The smallest absolute Gasteiger partial charge is 0.340 e. The highest BCUT2D eigenvalue weighted by Gasteiger charge is 2.15. The Morgan fingerprint density at radius 2 is 2.00 bits per heavy atom. The Labute approximate surface area is 123 Å². The second-order valence-electron chi connectivity index (χ2n) is 4.91. The number of hydrogen-bond donors (Lipinski definition) is 2. The van der Waals surface area contributed by atoms with Crippen molar-refractivity contribution < 1.29 is 14.3 Å². The van der Waals surface area contributed by atoms with Crippen LogP contribution in [0.3, 0.4) is 0 Å². The Balaban J connectivity index is 2.55. The summed E-state index contributed by atoms with van der Waals surface area (Å²) in [6.07, 6.45) is 0. The standard InChI is InChI=1S/C14H19ClN2O3/c1-8(2)9(3)17-13(18)7-20-14(19)11-6-10(15)4-5-12(11)16/h4-6,8-9H,7,16H2,1-3H3,(H,17,18)/t9-/m1/s1. The predicted molar refractivity (Wildman–Crippen MR) is 78.6 cm³/mol. The van der Waals surface area contributed by atoms with Gasteiger partial charge in [-0.25, -0.2) is 4.79 Å². The van der Waals surface area contributed by atoms with Crippen molar-refractivity contribution in [3.8, 4) is 0 Å². The first-order chi connectivity index (χ1) is 9.31. The Hall–Kier alpha value is -1.75. The Morgan fingerprint density at radius 1 is 1.35 bits per heavy atom. The number of esters is 1. The molecular weight excluding hydrogens is 280 g/mol. The normalized spacial score (nSPS) is 12.1. The van der Waals surface area contributed by atoms with Gasteiger partial charge in [-0.3, -0.25) is 4.79 Å². The van der Waals surface area contributed by atoms with E-state index in [2.05, 4.69) is 5.32 Å². The number of nitrogens with two attached hydrogens (primary N) is 1. The number of anilines is 1. The zero-order valence-corrected chi connectivity index (χ0v) is 12.5. The van der Waals surface area contributed by atoms with E-state index < -0.39 is 5.97 Å². The van der Waals surface area contributed by atoms with Crippen LogP contribution in [-0.2, 0) is 9.53 Å². The van der Waals surface area contributed by atoms with Crippen LogP contribution < -0.4 is 11.1 Å². The molecule has 0 saturated carbocycles. The first-order valence-corrected chi connectivity index (χ1v) is 6.70. The number of benzene rings is 1. The minimum atomic E-state index is -0.669. The number of ether oxygens (including phenoxy) is 1. The molecule has 0 unspecified atom stereocenters. The maximum Gasteiger partial charge on any atom is 0.340 e. The molecule has 1 aromatic rings. The third-order valence-electron chi connectivity index (χ3n) is 2.96. The Bertz CT molecular complexity index is 503. The minimum Gasteiger partial charge on any atom is -0.452 e. The molecule has 0 aromatic heterocycles. The SMILES string of the molecule is CC(C)[C@@H](C)NC(=O)COC(=O)c1cc(Cl)ccc1N. The molecule has 0 aliphatic rings. The van der Waals surface area contributed by atoms with Gasteiger partial charge in [0.25, 0.3) is 5.91 Å². The summed E-state index contributed by atoms with van der Waals surface area (Å²) in [7, 11) is 0. The molecule has 20 heavy (non-hydrogen) atoms. The quantitative estimate of drug-likeness (QED) is 0.645. The maximum absolute atomic E-state index is 11.8. The summed E-state index contributed by atoms with van der Waals surface area (Å²) in [5, 5.41) is 3.12. The molecule has 1 rings (SSSR count). The molecule has 1 aromatic carbocycles. The first-order valence-electron chi connectivity index (χ1n) is 6.32. The number of rotatable bonds is 5. The third kappa shape index (κ3) is 4.74. The second kappa shape index (κ2) is 7.14. The van der Waals surface area contributed by atoms with Gasteiger partial charge in [0.1, 0.15) is 0 Å².